The van der Waals surface area contributed by atoms with E-state index in [1.54, 1.807) is 4.90 Å². The van der Waals surface area contributed by atoms with E-state index in [1.807, 2.05) is 0 Å². The lowest BCUT2D eigenvalue weighted by molar-refractivity contribution is -0.128. The molecule has 0 N–H and O–H groups in total. The number of carbonyl (C=O) groups excluding carboxylic acids is 1. The maximum absolute atomic E-state index is 12.6. The fourth-order valence-corrected chi connectivity index (χ4v) is 7.43. The third-order valence-corrected chi connectivity index (χ3v) is 9.85. The van der Waals surface area contributed by atoms with Gasteiger partial charge in [-0.2, -0.15) is 10.5 Å². The van der Waals surface area contributed by atoms with E-state index in [-0.39, 0.29) is 18.4 Å². The standard InChI is InChI=1S/C34H42N8O2/c1-4-32(43)42-18-17-41(21-25(42)10-13-35)33-28-12-16-40(31-9-5-7-24-20-38(2)15-11-27(24)31)22-30(28)37-34(29(33)19-36)44-23-26-8-6-14-39(26)3/h4-5,7,9,25-26H,1,6,8,10-12,14-18,20-23H2,2-3H3/t25-,26-/m0/s1. The highest BCUT2D eigenvalue weighted by molar-refractivity contribution is 5.87. The van der Waals surface area contributed by atoms with E-state index in [4.69, 9.17) is 9.72 Å². The van der Waals surface area contributed by atoms with E-state index in [2.05, 4.69) is 70.6 Å². The molecule has 0 aliphatic carbocycles. The Labute approximate surface area is 260 Å². The van der Waals surface area contributed by atoms with Gasteiger partial charge in [-0.25, -0.2) is 4.98 Å². The number of ether oxygens (including phenoxy) is 1. The van der Waals surface area contributed by atoms with Crippen LogP contribution in [0.3, 0.4) is 0 Å². The molecule has 5 heterocycles. The number of hydrogen-bond acceptors (Lipinski definition) is 9. The zero-order valence-electron chi connectivity index (χ0n) is 26.0. The summed E-state index contributed by atoms with van der Waals surface area (Å²) in [6, 6.07) is 11.3. The molecule has 4 aliphatic heterocycles. The van der Waals surface area contributed by atoms with Gasteiger partial charge in [-0.1, -0.05) is 18.7 Å². The first-order valence-electron chi connectivity index (χ1n) is 15.8. The van der Waals surface area contributed by atoms with Crippen LogP contribution in [0.2, 0.25) is 0 Å². The van der Waals surface area contributed by atoms with Crippen LogP contribution in [0.5, 0.6) is 5.88 Å². The highest BCUT2D eigenvalue weighted by Gasteiger charge is 2.35. The molecule has 0 bridgehead atoms. The minimum atomic E-state index is -0.292. The Hall–Kier alpha value is -4.12. The number of nitrogens with zero attached hydrogens (tertiary/aromatic N) is 8. The molecule has 2 saturated heterocycles. The molecule has 2 atom stereocenters. The van der Waals surface area contributed by atoms with E-state index in [1.165, 1.54) is 22.9 Å². The quantitative estimate of drug-likeness (QED) is 0.448. The van der Waals surface area contributed by atoms with Gasteiger partial charge >= 0.3 is 0 Å². The lowest BCUT2D eigenvalue weighted by Gasteiger charge is -2.43. The molecule has 1 aromatic carbocycles. The Morgan fingerprint density at radius 3 is 2.66 bits per heavy atom. The molecule has 1 aromatic heterocycles. The van der Waals surface area contributed by atoms with Crippen molar-refractivity contribution in [1.29, 1.82) is 10.5 Å². The van der Waals surface area contributed by atoms with Crippen molar-refractivity contribution in [2.24, 2.45) is 0 Å². The second-order valence-corrected chi connectivity index (χ2v) is 12.5. The van der Waals surface area contributed by atoms with Crippen molar-refractivity contribution in [3.63, 3.8) is 0 Å². The van der Waals surface area contributed by atoms with Crippen LogP contribution in [0.1, 0.15) is 47.2 Å². The first-order valence-corrected chi connectivity index (χ1v) is 15.8. The zero-order chi connectivity index (χ0) is 30.8. The van der Waals surface area contributed by atoms with E-state index >= 15 is 0 Å². The summed E-state index contributed by atoms with van der Waals surface area (Å²) >= 11 is 0. The fraction of sp³-hybridized carbons (Fsp3) is 0.529. The predicted octanol–water partition coefficient (Wildman–Crippen LogP) is 3.09. The Kier molecular flexibility index (Phi) is 8.74. The summed E-state index contributed by atoms with van der Waals surface area (Å²) < 4.78 is 6.42. The van der Waals surface area contributed by atoms with Gasteiger partial charge < -0.3 is 29.2 Å². The Balaban J connectivity index is 1.37. The van der Waals surface area contributed by atoms with Gasteiger partial charge in [0.2, 0.25) is 11.8 Å². The fourth-order valence-electron chi connectivity index (χ4n) is 7.43. The summed E-state index contributed by atoms with van der Waals surface area (Å²) in [5.41, 5.74) is 7.41. The van der Waals surface area contributed by atoms with Gasteiger partial charge in [-0.3, -0.25) is 4.79 Å². The lowest BCUT2D eigenvalue weighted by Crippen LogP contribution is -2.55. The Morgan fingerprint density at radius 1 is 1.07 bits per heavy atom. The molecule has 4 aliphatic rings. The number of anilines is 2. The van der Waals surface area contributed by atoms with E-state index < -0.39 is 0 Å². The summed E-state index contributed by atoms with van der Waals surface area (Å²) in [6.07, 6.45) is 5.50. The number of likely N-dealkylation sites (N-methyl/N-ethyl adjacent to an activating group) is 2. The number of rotatable bonds is 7. The molecular weight excluding hydrogens is 552 g/mol. The molecule has 2 fully saturated rings. The maximum atomic E-state index is 12.6. The van der Waals surface area contributed by atoms with E-state index in [0.717, 1.165) is 68.8 Å². The van der Waals surface area contributed by atoms with Gasteiger partial charge in [0.15, 0.2) is 0 Å². The summed E-state index contributed by atoms with van der Waals surface area (Å²) in [7, 11) is 4.29. The molecule has 10 heteroatoms. The van der Waals surface area contributed by atoms with E-state index in [0.29, 0.717) is 50.3 Å². The van der Waals surface area contributed by atoms with Crippen molar-refractivity contribution in [2.75, 3.05) is 69.8 Å². The lowest BCUT2D eigenvalue weighted by atomic mass is 9.94. The summed E-state index contributed by atoms with van der Waals surface area (Å²) in [5, 5.41) is 20.1. The van der Waals surface area contributed by atoms with Gasteiger partial charge in [0.1, 0.15) is 18.2 Å². The average molecular weight is 595 g/mol. The molecule has 0 spiro atoms. The molecular formula is C34H42N8O2. The smallest absolute Gasteiger partial charge is 0.246 e. The largest absolute Gasteiger partial charge is 0.475 e. The predicted molar refractivity (Wildman–Crippen MR) is 169 cm³/mol. The van der Waals surface area contributed by atoms with Crippen LogP contribution in [0.15, 0.2) is 30.9 Å². The number of benzene rings is 1. The minimum absolute atomic E-state index is 0.167. The van der Waals surface area contributed by atoms with Gasteiger partial charge in [0, 0.05) is 56.6 Å². The van der Waals surface area contributed by atoms with Gasteiger partial charge in [0.25, 0.3) is 0 Å². The number of aromatic nitrogens is 1. The Bertz CT molecular complexity index is 1510. The number of hydrogen-bond donors (Lipinski definition) is 0. The normalized spacial score (nSPS) is 22.1. The van der Waals surface area contributed by atoms with Crippen LogP contribution >= 0.6 is 0 Å². The highest BCUT2D eigenvalue weighted by Crippen LogP contribution is 2.40. The van der Waals surface area contributed by atoms with Crippen LogP contribution < -0.4 is 14.5 Å². The second kappa shape index (κ2) is 12.9. The average Bonchev–Trinajstić information content (AvgIpc) is 3.46. The summed E-state index contributed by atoms with van der Waals surface area (Å²) in [5.74, 6) is 0.224. The third kappa shape index (κ3) is 5.72. The molecule has 0 radical (unpaired) electrons. The highest BCUT2D eigenvalue weighted by atomic mass is 16.5. The minimum Gasteiger partial charge on any atom is -0.475 e. The third-order valence-electron chi connectivity index (χ3n) is 9.85. The van der Waals surface area contributed by atoms with Crippen LogP contribution in [0.4, 0.5) is 11.4 Å². The number of amides is 1. The number of nitriles is 2. The van der Waals surface area contributed by atoms with Crippen molar-refractivity contribution < 1.29 is 9.53 Å². The topological polar surface area (TPSA) is 103 Å². The van der Waals surface area contributed by atoms with Gasteiger partial charge in [-0.15, -0.1) is 0 Å². The van der Waals surface area contributed by atoms with Crippen LogP contribution in [-0.2, 0) is 30.7 Å². The monoisotopic (exact) mass is 594 g/mol. The molecule has 0 unspecified atom stereocenters. The van der Waals surface area contributed by atoms with Gasteiger partial charge in [-0.05, 0) is 69.6 Å². The zero-order valence-corrected chi connectivity index (χ0v) is 26.0. The van der Waals surface area contributed by atoms with Crippen LogP contribution in [-0.4, -0.2) is 97.6 Å². The molecule has 10 nitrogen and oxygen atoms in total. The number of piperazine rings is 1. The molecule has 6 rings (SSSR count). The molecule has 2 aromatic rings. The van der Waals surface area contributed by atoms with Crippen molar-refractivity contribution in [1.82, 2.24) is 19.7 Å². The first-order chi connectivity index (χ1) is 21.4. The first kappa shape index (κ1) is 29.9. The maximum Gasteiger partial charge on any atom is 0.246 e. The molecule has 1 amide bonds. The van der Waals surface area contributed by atoms with Crippen molar-refractivity contribution in [3.8, 4) is 18.0 Å². The second-order valence-electron chi connectivity index (χ2n) is 12.5. The van der Waals surface area contributed by atoms with Crippen LogP contribution in [0.25, 0.3) is 0 Å². The number of pyridine rings is 1. The van der Waals surface area contributed by atoms with E-state index in [9.17, 15) is 15.3 Å². The number of carbonyl (C=O) groups is 1. The SMILES string of the molecule is C=CC(=O)N1CCN(c2c(C#N)c(OC[C@@H]3CCCN3C)nc3c2CCN(c2cccc4c2CCN(C)C4)C3)C[C@@H]1CC#N. The summed E-state index contributed by atoms with van der Waals surface area (Å²) in [6.45, 7) is 10.1. The van der Waals surface area contributed by atoms with Crippen LogP contribution in [0, 0.1) is 22.7 Å². The van der Waals surface area contributed by atoms with Crippen molar-refractivity contribution in [3.05, 3.63) is 58.8 Å². The Morgan fingerprint density at radius 2 is 1.91 bits per heavy atom. The molecule has 230 valence electrons. The number of likely N-dealkylation sites (tertiary alicyclic amines) is 1. The summed E-state index contributed by atoms with van der Waals surface area (Å²) in [4.78, 5) is 28.7. The van der Waals surface area contributed by atoms with Crippen molar-refractivity contribution in [2.45, 2.75) is 57.3 Å². The molecule has 0 saturated carbocycles. The van der Waals surface area contributed by atoms with Crippen molar-refractivity contribution >= 4 is 17.3 Å². The molecule has 44 heavy (non-hydrogen) atoms. The number of fused-ring (bicyclic) bond motifs is 2. The van der Waals surface area contributed by atoms with Gasteiger partial charge in [0.05, 0.1) is 36.5 Å².